The van der Waals surface area contributed by atoms with Crippen LogP contribution < -0.4 is 17.0 Å². The van der Waals surface area contributed by atoms with E-state index in [0.29, 0.717) is 0 Å². The molecule has 9 atom stereocenters. The number of nitrogen functional groups attached to an aromatic ring is 2. The van der Waals surface area contributed by atoms with Crippen LogP contribution in [-0.4, -0.2) is 109 Å². The van der Waals surface area contributed by atoms with Crippen molar-refractivity contribution < 1.29 is 45.1 Å². The number of methoxy groups -OCH3 is 1. The van der Waals surface area contributed by atoms with Crippen molar-refractivity contribution in [3.8, 4) is 0 Å². The third-order valence-corrected chi connectivity index (χ3v) is 10.6. The monoisotopic (exact) mass is 704 g/mol. The van der Waals surface area contributed by atoms with Gasteiger partial charge in [0.05, 0.1) is 31.1 Å². The van der Waals surface area contributed by atoms with Crippen LogP contribution in [0.2, 0.25) is 0 Å². The lowest BCUT2D eigenvalue weighted by molar-refractivity contribution is -0.0508. The number of nitrogens with two attached hydrogens (primary N) is 2. The molecule has 7 rings (SSSR count). The third kappa shape index (κ3) is 5.44. The highest BCUT2D eigenvalue weighted by Crippen LogP contribution is 2.51. The second kappa shape index (κ2) is 11.5. The van der Waals surface area contributed by atoms with E-state index < -0.39 is 83.9 Å². The number of aromatic amines is 1. The molecule has 3 saturated heterocycles. The lowest BCUT2D eigenvalue weighted by Gasteiger charge is -2.28. The molecule has 0 aromatic carbocycles. The number of anilines is 2. The number of nitrogens with one attached hydrogen (secondary N) is 1. The van der Waals surface area contributed by atoms with Crippen LogP contribution in [0.15, 0.2) is 23.8 Å². The molecule has 0 amide bonds. The topological polar surface area (TPSA) is 269 Å². The molecular formula is C22H26FN10O10PS2. The van der Waals surface area contributed by atoms with E-state index in [-0.39, 0.29) is 40.5 Å². The van der Waals surface area contributed by atoms with Crippen molar-refractivity contribution >= 4 is 62.7 Å². The van der Waals surface area contributed by atoms with Crippen LogP contribution in [0.4, 0.5) is 16.2 Å². The molecule has 3 fully saturated rings. The summed E-state index contributed by atoms with van der Waals surface area (Å²) in [6.45, 7) is -4.87. The Bertz CT molecular complexity index is 2030. The molecule has 2 bridgehead atoms. The molecule has 24 heteroatoms. The van der Waals surface area contributed by atoms with Gasteiger partial charge in [-0.15, -0.1) is 0 Å². The highest BCUT2D eigenvalue weighted by atomic mass is 32.5. The first kappa shape index (κ1) is 31.4. The lowest BCUT2D eigenvalue weighted by atomic mass is 10.1. The second-order valence-corrected chi connectivity index (χ2v) is 15.1. The van der Waals surface area contributed by atoms with E-state index in [1.807, 2.05) is 0 Å². The molecular weight excluding hydrogens is 678 g/mol. The van der Waals surface area contributed by atoms with Crippen molar-refractivity contribution in [3.63, 3.8) is 0 Å². The fourth-order valence-corrected chi connectivity index (χ4v) is 8.34. The summed E-state index contributed by atoms with van der Waals surface area (Å²) >= 11 is 5.30. The van der Waals surface area contributed by atoms with E-state index in [1.165, 1.54) is 28.9 Å². The molecule has 248 valence electrons. The Morgan fingerprint density at radius 2 is 1.80 bits per heavy atom. The normalized spacial score (nSPS) is 35.0. The number of nitrogens with zero attached hydrogens (tertiary/aromatic N) is 7. The Labute approximate surface area is 262 Å². The van der Waals surface area contributed by atoms with Gasteiger partial charge in [-0.3, -0.25) is 27.6 Å². The minimum atomic E-state index is -4.45. The number of rotatable bonds is 3. The second-order valence-electron chi connectivity index (χ2n) is 10.6. The SMILES string of the molecule is CO[C@H]1[C@H]2OP(O)(=S)OC[C@H]3O[C@@H](n4cnc5c(N)ncnc54)[C@H](F)[C@@H]3OS(=O)(=O)CC[C@H]1O[C@H]2n1cnc2c(=O)[nH]c(N)nc21. The minimum absolute atomic E-state index is 0.0147. The lowest BCUT2D eigenvalue weighted by Crippen LogP contribution is -2.37. The molecule has 0 aliphatic carbocycles. The van der Waals surface area contributed by atoms with Crippen LogP contribution in [0.5, 0.6) is 0 Å². The van der Waals surface area contributed by atoms with Gasteiger partial charge in [-0.05, 0) is 18.2 Å². The van der Waals surface area contributed by atoms with Crippen molar-refractivity contribution in [2.24, 2.45) is 0 Å². The van der Waals surface area contributed by atoms with Crippen LogP contribution >= 0.6 is 6.72 Å². The fourth-order valence-electron chi connectivity index (χ4n) is 5.74. The van der Waals surface area contributed by atoms with Gasteiger partial charge in [0.15, 0.2) is 41.3 Å². The van der Waals surface area contributed by atoms with Crippen LogP contribution in [0.3, 0.4) is 0 Å². The number of aromatic nitrogens is 8. The number of ether oxygens (including phenoxy) is 3. The molecule has 0 saturated carbocycles. The van der Waals surface area contributed by atoms with Gasteiger partial charge in [0.25, 0.3) is 15.7 Å². The zero-order chi connectivity index (χ0) is 32.5. The molecule has 20 nitrogen and oxygen atoms in total. The molecule has 0 radical (unpaired) electrons. The Kier molecular flexibility index (Phi) is 7.82. The number of hydrogen-bond acceptors (Lipinski definition) is 17. The largest absolute Gasteiger partial charge is 0.382 e. The van der Waals surface area contributed by atoms with Crippen LogP contribution in [-0.2, 0) is 49.4 Å². The predicted octanol–water partition coefficient (Wildman–Crippen LogP) is -0.991. The van der Waals surface area contributed by atoms with Crippen LogP contribution in [0.1, 0.15) is 18.9 Å². The maximum Gasteiger partial charge on any atom is 0.325 e. The van der Waals surface area contributed by atoms with Crippen LogP contribution in [0.25, 0.3) is 22.3 Å². The molecule has 46 heavy (non-hydrogen) atoms. The first-order valence-electron chi connectivity index (χ1n) is 13.6. The summed E-state index contributed by atoms with van der Waals surface area (Å²) in [4.78, 5) is 46.2. The Morgan fingerprint density at radius 3 is 2.57 bits per heavy atom. The number of halogens is 1. The van der Waals surface area contributed by atoms with Crippen molar-refractivity contribution in [3.05, 3.63) is 29.3 Å². The van der Waals surface area contributed by atoms with Crippen molar-refractivity contribution in [1.82, 2.24) is 39.0 Å². The van der Waals surface area contributed by atoms with Gasteiger partial charge >= 0.3 is 6.72 Å². The van der Waals surface area contributed by atoms with Gasteiger partial charge in [0, 0.05) is 7.11 Å². The summed E-state index contributed by atoms with van der Waals surface area (Å²) in [5.74, 6) is -0.802. The van der Waals surface area contributed by atoms with E-state index in [9.17, 15) is 18.1 Å². The highest BCUT2D eigenvalue weighted by Gasteiger charge is 2.53. The number of imidazole rings is 2. The molecule has 3 aliphatic rings. The summed E-state index contributed by atoms with van der Waals surface area (Å²) in [7, 11) is -3.13. The average Bonchev–Trinajstić information content (AvgIpc) is 3.75. The van der Waals surface area contributed by atoms with E-state index in [1.54, 1.807) is 0 Å². The van der Waals surface area contributed by atoms with Crippen LogP contribution in [0, 0.1) is 0 Å². The Balaban J connectivity index is 1.22. The zero-order valence-corrected chi connectivity index (χ0v) is 26.0. The number of fused-ring (bicyclic) bond motifs is 5. The first-order chi connectivity index (χ1) is 21.9. The molecule has 0 spiro atoms. The standard InChI is InChI=1S/C22H26FN10O10PS2/c1-38-14-8-2-3-46(36,37)43-13-9(41-20(10(13)23)32-6-28-11-16(24)26-5-27-17(11)32)4-39-44(35,45)42-15(14)21(40-8)33-7-29-12-18(33)30-22(25)31-19(12)34/h5-10,13-15,20-21H,2-4H2,1H3,(H,35,45)(H2,24,26,27)(H3,25,30,31,34)/t8-,9-,10-,13-,14-,15-,20-,21-,44?/m1/s1. The molecule has 4 aromatic heterocycles. The fraction of sp³-hybridized carbons (Fsp3) is 0.545. The van der Waals surface area contributed by atoms with Gasteiger partial charge in [-0.2, -0.15) is 13.4 Å². The van der Waals surface area contributed by atoms with Gasteiger partial charge in [0.2, 0.25) is 5.95 Å². The van der Waals surface area contributed by atoms with Gasteiger partial charge < -0.3 is 35.1 Å². The van der Waals surface area contributed by atoms with E-state index in [0.717, 1.165) is 6.33 Å². The van der Waals surface area contributed by atoms with E-state index in [4.69, 9.17) is 50.7 Å². The zero-order valence-electron chi connectivity index (χ0n) is 23.5. The third-order valence-electron chi connectivity index (χ3n) is 7.78. The van der Waals surface area contributed by atoms with Gasteiger partial charge in [-0.1, -0.05) is 0 Å². The van der Waals surface area contributed by atoms with Crippen molar-refractivity contribution in [2.75, 3.05) is 30.9 Å². The van der Waals surface area contributed by atoms with Gasteiger partial charge in [-0.25, -0.2) is 24.3 Å². The molecule has 6 N–H and O–H groups in total. The summed E-state index contributed by atoms with van der Waals surface area (Å²) in [6, 6.07) is 0. The number of H-pyrrole nitrogens is 1. The first-order valence-corrected chi connectivity index (χ1v) is 17.7. The average molecular weight is 705 g/mol. The Hall–Kier alpha value is -3.25. The Morgan fingerprint density at radius 1 is 1.09 bits per heavy atom. The van der Waals surface area contributed by atoms with E-state index in [2.05, 4.69) is 29.9 Å². The molecule has 4 aromatic rings. The smallest absolute Gasteiger partial charge is 0.325 e. The van der Waals surface area contributed by atoms with Crippen molar-refractivity contribution in [1.29, 1.82) is 0 Å². The minimum Gasteiger partial charge on any atom is -0.382 e. The summed E-state index contributed by atoms with van der Waals surface area (Å²) in [5, 5.41) is 0. The molecule has 1 unspecified atom stereocenters. The predicted molar refractivity (Wildman–Crippen MR) is 156 cm³/mol. The molecule has 7 heterocycles. The summed E-state index contributed by atoms with van der Waals surface area (Å²) < 4.78 is 79.6. The maximum atomic E-state index is 16.0. The highest BCUT2D eigenvalue weighted by molar-refractivity contribution is 8.07. The van der Waals surface area contributed by atoms with Crippen molar-refractivity contribution in [2.45, 2.75) is 55.6 Å². The summed E-state index contributed by atoms with van der Waals surface area (Å²) in [5.41, 5.74) is 11.2. The summed E-state index contributed by atoms with van der Waals surface area (Å²) in [6.07, 6.45) is -7.75. The quantitative estimate of drug-likeness (QED) is 0.147. The number of alkyl halides is 1. The molecule has 3 aliphatic heterocycles. The van der Waals surface area contributed by atoms with E-state index >= 15 is 4.39 Å². The maximum absolute atomic E-state index is 16.0. The van der Waals surface area contributed by atoms with Gasteiger partial charge in [0.1, 0.15) is 36.3 Å². The number of hydrogen-bond donors (Lipinski definition) is 4.